The van der Waals surface area contributed by atoms with Gasteiger partial charge in [0.1, 0.15) is 0 Å². The van der Waals surface area contributed by atoms with Crippen LogP contribution in [0.15, 0.2) is 24.3 Å². The molecule has 1 aromatic rings. The summed E-state index contributed by atoms with van der Waals surface area (Å²) in [6.45, 7) is 5.01. The van der Waals surface area contributed by atoms with Crippen LogP contribution in [0.1, 0.15) is 23.7 Å². The zero-order valence-corrected chi connectivity index (χ0v) is 15.3. The lowest BCUT2D eigenvalue weighted by Gasteiger charge is -2.18. The van der Waals surface area contributed by atoms with Crippen LogP contribution >= 0.6 is 24.8 Å². The number of aliphatic hydroxyl groups is 1. The molecule has 0 radical (unpaired) electrons. The smallest absolute Gasteiger partial charge is 0.251 e. The van der Waals surface area contributed by atoms with E-state index in [4.69, 9.17) is 0 Å². The topological polar surface area (TPSA) is 64.6 Å². The molecule has 0 aromatic heterocycles. The van der Waals surface area contributed by atoms with E-state index in [0.717, 1.165) is 25.2 Å². The van der Waals surface area contributed by atoms with Crippen LogP contribution in [0.5, 0.6) is 0 Å². The number of carbonyl (C=O) groups is 1. The first-order valence-corrected chi connectivity index (χ1v) is 7.60. The fraction of sp³-hybridized carbons (Fsp3) is 0.562. The highest BCUT2D eigenvalue weighted by molar-refractivity contribution is 5.94. The Hall–Kier alpha value is -1.01. The third kappa shape index (κ3) is 6.18. The van der Waals surface area contributed by atoms with Crippen molar-refractivity contribution in [1.82, 2.24) is 10.6 Å². The summed E-state index contributed by atoms with van der Waals surface area (Å²) in [6.07, 6.45) is 0.728. The molecule has 1 fully saturated rings. The Balaban J connectivity index is 0.00000242. The van der Waals surface area contributed by atoms with E-state index in [1.165, 1.54) is 0 Å². The Bertz CT molecular complexity index is 471. The average Bonchev–Trinajstić information content (AvgIpc) is 2.90. The van der Waals surface area contributed by atoms with Crippen LogP contribution in [-0.2, 0) is 0 Å². The van der Waals surface area contributed by atoms with Crippen LogP contribution in [0.3, 0.4) is 0 Å². The van der Waals surface area contributed by atoms with Crippen molar-refractivity contribution in [2.45, 2.75) is 19.4 Å². The van der Waals surface area contributed by atoms with Crippen molar-refractivity contribution in [1.29, 1.82) is 0 Å². The van der Waals surface area contributed by atoms with Crippen LogP contribution < -0.4 is 15.5 Å². The van der Waals surface area contributed by atoms with Crippen molar-refractivity contribution in [3.8, 4) is 0 Å². The first kappa shape index (κ1) is 22.0. The summed E-state index contributed by atoms with van der Waals surface area (Å²) in [7, 11) is 2.05. The van der Waals surface area contributed by atoms with E-state index in [1.54, 1.807) is 0 Å². The average molecular weight is 364 g/mol. The number of benzene rings is 1. The molecule has 2 atom stereocenters. The number of hydrogen-bond acceptors (Lipinski definition) is 4. The Labute approximate surface area is 150 Å². The van der Waals surface area contributed by atoms with Gasteiger partial charge >= 0.3 is 0 Å². The van der Waals surface area contributed by atoms with Crippen LogP contribution in [-0.4, -0.2) is 50.3 Å². The molecule has 0 spiro atoms. The number of hydrogen-bond donors (Lipinski definition) is 3. The van der Waals surface area contributed by atoms with Crippen molar-refractivity contribution >= 4 is 36.4 Å². The fourth-order valence-corrected chi connectivity index (χ4v) is 2.59. The van der Waals surface area contributed by atoms with Crippen LogP contribution in [0.25, 0.3) is 0 Å². The van der Waals surface area contributed by atoms with Crippen molar-refractivity contribution in [3.63, 3.8) is 0 Å². The van der Waals surface area contributed by atoms with Gasteiger partial charge in [-0.15, -0.1) is 24.8 Å². The van der Waals surface area contributed by atoms with E-state index in [0.29, 0.717) is 18.7 Å². The van der Waals surface area contributed by atoms with Crippen LogP contribution in [0.4, 0.5) is 5.69 Å². The number of nitrogens with zero attached hydrogens (tertiary/aromatic N) is 1. The molecule has 132 valence electrons. The number of rotatable bonds is 6. The summed E-state index contributed by atoms with van der Waals surface area (Å²) < 4.78 is 0. The number of halogens is 2. The maximum absolute atomic E-state index is 12.1. The lowest BCUT2D eigenvalue weighted by atomic mass is 10.1. The van der Waals surface area contributed by atoms with Gasteiger partial charge in [-0.1, -0.05) is 6.92 Å². The van der Waals surface area contributed by atoms with Crippen molar-refractivity contribution in [2.24, 2.45) is 5.92 Å². The zero-order valence-electron chi connectivity index (χ0n) is 13.6. The first-order chi connectivity index (χ1) is 10.1. The van der Waals surface area contributed by atoms with Gasteiger partial charge in [-0.05, 0) is 30.7 Å². The summed E-state index contributed by atoms with van der Waals surface area (Å²) in [5, 5.41) is 15.7. The third-order valence-electron chi connectivity index (χ3n) is 3.96. The van der Waals surface area contributed by atoms with E-state index in [-0.39, 0.29) is 42.7 Å². The summed E-state index contributed by atoms with van der Waals surface area (Å²) >= 11 is 0. The van der Waals surface area contributed by atoms with Gasteiger partial charge in [0.15, 0.2) is 0 Å². The molecule has 2 unspecified atom stereocenters. The summed E-state index contributed by atoms with van der Waals surface area (Å²) in [5.41, 5.74) is 1.77. The normalized spacial score (nSPS) is 19.4. The van der Waals surface area contributed by atoms with Crippen LogP contribution in [0.2, 0.25) is 0 Å². The molecule has 23 heavy (non-hydrogen) atoms. The molecule has 0 aliphatic carbocycles. The number of aliphatic hydroxyl groups excluding tert-OH is 1. The van der Waals surface area contributed by atoms with Gasteiger partial charge in [0, 0.05) is 50.4 Å². The standard InChI is InChI=1S/C16H25N3O2.2ClH/c1-3-8-19(2)14-6-4-12(5-7-14)16(21)18-10-13-9-17-11-15(13)20;;/h4-7,13,15,17,20H,3,8-11H2,1-2H3,(H,18,21);2*1H. The molecule has 1 saturated heterocycles. The molecular formula is C16H27Cl2N3O2. The second-order valence-corrected chi connectivity index (χ2v) is 5.66. The number of β-amino-alcohol motifs (C(OH)–C–C–N with tert-alkyl or cyclic N) is 1. The molecule has 3 N–H and O–H groups in total. The molecule has 1 aliphatic rings. The zero-order chi connectivity index (χ0) is 15.2. The highest BCUT2D eigenvalue weighted by atomic mass is 35.5. The Morgan fingerprint density at radius 3 is 2.48 bits per heavy atom. The quantitative estimate of drug-likeness (QED) is 0.719. The van der Waals surface area contributed by atoms with Gasteiger partial charge in [0.05, 0.1) is 6.10 Å². The SMILES string of the molecule is CCCN(C)c1ccc(C(=O)NCC2CNCC2O)cc1.Cl.Cl. The monoisotopic (exact) mass is 363 g/mol. The van der Waals surface area contributed by atoms with Gasteiger partial charge in [0.25, 0.3) is 5.91 Å². The molecule has 2 rings (SSSR count). The number of amides is 1. The molecule has 1 aromatic carbocycles. The van der Waals surface area contributed by atoms with Crippen molar-refractivity contribution in [2.75, 3.05) is 38.1 Å². The molecule has 0 saturated carbocycles. The van der Waals surface area contributed by atoms with Gasteiger partial charge in [-0.25, -0.2) is 0 Å². The molecule has 5 nitrogen and oxygen atoms in total. The highest BCUT2D eigenvalue weighted by Gasteiger charge is 2.25. The van der Waals surface area contributed by atoms with Gasteiger partial charge in [-0.2, -0.15) is 0 Å². The van der Waals surface area contributed by atoms with Crippen LogP contribution in [0, 0.1) is 5.92 Å². The summed E-state index contributed by atoms with van der Waals surface area (Å²) in [5.74, 6) is 0.0164. The van der Waals surface area contributed by atoms with E-state index in [9.17, 15) is 9.90 Å². The second-order valence-electron chi connectivity index (χ2n) is 5.66. The van der Waals surface area contributed by atoms with Crippen molar-refractivity contribution in [3.05, 3.63) is 29.8 Å². The van der Waals surface area contributed by atoms with E-state index in [2.05, 4.69) is 22.5 Å². The Kier molecular flexibility index (Phi) is 10.2. The number of carbonyl (C=O) groups excluding carboxylic acids is 1. The molecule has 7 heteroatoms. The molecular weight excluding hydrogens is 337 g/mol. The minimum absolute atomic E-state index is 0. The predicted octanol–water partition coefficient (Wildman–Crippen LogP) is 1.69. The van der Waals surface area contributed by atoms with Crippen molar-refractivity contribution < 1.29 is 9.90 Å². The van der Waals surface area contributed by atoms with E-state index >= 15 is 0 Å². The molecule has 0 bridgehead atoms. The lowest BCUT2D eigenvalue weighted by molar-refractivity contribution is 0.0927. The Morgan fingerprint density at radius 1 is 1.30 bits per heavy atom. The molecule has 1 heterocycles. The molecule has 1 aliphatic heterocycles. The predicted molar refractivity (Wildman–Crippen MR) is 99.2 cm³/mol. The van der Waals surface area contributed by atoms with Gasteiger partial charge < -0.3 is 20.6 Å². The lowest BCUT2D eigenvalue weighted by Crippen LogP contribution is -2.34. The minimum Gasteiger partial charge on any atom is -0.391 e. The maximum Gasteiger partial charge on any atom is 0.251 e. The molecule has 1 amide bonds. The number of anilines is 1. The Morgan fingerprint density at radius 2 is 1.96 bits per heavy atom. The highest BCUT2D eigenvalue weighted by Crippen LogP contribution is 2.14. The third-order valence-corrected chi connectivity index (χ3v) is 3.96. The van der Waals surface area contributed by atoms with E-state index < -0.39 is 0 Å². The largest absolute Gasteiger partial charge is 0.391 e. The van der Waals surface area contributed by atoms with Gasteiger partial charge in [-0.3, -0.25) is 4.79 Å². The summed E-state index contributed by atoms with van der Waals surface area (Å²) in [6, 6.07) is 7.63. The minimum atomic E-state index is -0.365. The van der Waals surface area contributed by atoms with Gasteiger partial charge in [0.2, 0.25) is 0 Å². The number of nitrogens with one attached hydrogen (secondary N) is 2. The fourth-order valence-electron chi connectivity index (χ4n) is 2.59. The summed E-state index contributed by atoms with van der Waals surface area (Å²) in [4.78, 5) is 14.3. The van der Waals surface area contributed by atoms with E-state index in [1.807, 2.05) is 31.3 Å². The maximum atomic E-state index is 12.1. The second kappa shape index (κ2) is 10.7. The first-order valence-electron chi connectivity index (χ1n) is 7.60.